The van der Waals surface area contributed by atoms with Gasteiger partial charge in [0.25, 0.3) is 0 Å². The van der Waals surface area contributed by atoms with Crippen LogP contribution in [-0.2, 0) is 24.7 Å². The Labute approximate surface area is 389 Å². The Kier molecular flexibility index (Phi) is 23.4. The van der Waals surface area contributed by atoms with Crippen molar-refractivity contribution in [2.75, 3.05) is 0 Å². The van der Waals surface area contributed by atoms with Gasteiger partial charge >= 0.3 is 25.7 Å². The smallest absolute Gasteiger partial charge is 0.348 e. The normalized spacial score (nSPS) is 13.3. The maximum atomic E-state index is 6.53. The maximum absolute atomic E-state index is 6.53. The summed E-state index contributed by atoms with van der Waals surface area (Å²) < 4.78 is 38.3. The molecular weight excluding hydrogens is 936 g/mol. The lowest BCUT2D eigenvalue weighted by Crippen LogP contribution is -2.60. The van der Waals surface area contributed by atoms with Crippen LogP contribution in [0.25, 0.3) is 0 Å². The van der Waals surface area contributed by atoms with Crippen molar-refractivity contribution in [1.82, 2.24) is 0 Å². The van der Waals surface area contributed by atoms with E-state index in [1.807, 2.05) is 44.2 Å². The van der Waals surface area contributed by atoms with Crippen LogP contribution in [-0.4, -0.2) is 75.6 Å². The second-order valence-corrected chi connectivity index (χ2v) is 61.0. The molecule has 0 aliphatic rings. The molecule has 0 aromatic heterocycles. The third kappa shape index (κ3) is 28.0. The summed E-state index contributed by atoms with van der Waals surface area (Å²) in [6, 6.07) is 22.6. The van der Waals surface area contributed by atoms with Gasteiger partial charge in [0.05, 0.1) is 0 Å². The molecule has 3 aromatic rings. The van der Waals surface area contributed by atoms with Crippen LogP contribution in [0.2, 0.25) is 154 Å². The summed E-state index contributed by atoms with van der Waals surface area (Å²) in [5.41, 5.74) is 3.50. The van der Waals surface area contributed by atoms with E-state index in [2.05, 4.69) is 187 Å². The van der Waals surface area contributed by atoms with Gasteiger partial charge in [0, 0.05) is 10.0 Å². The molecular formula is C43H86Cl2O6Si9. The number of rotatable bonds is 14. The topological polar surface area (TPSA) is 55.4 Å². The van der Waals surface area contributed by atoms with Gasteiger partial charge in [0.2, 0.25) is 0 Å². The molecule has 0 spiro atoms. The van der Waals surface area contributed by atoms with E-state index in [-0.39, 0.29) is 0 Å². The Morgan fingerprint density at radius 2 is 0.650 bits per heavy atom. The van der Waals surface area contributed by atoms with Crippen LogP contribution in [0.15, 0.2) is 66.7 Å². The number of halogens is 2. The van der Waals surface area contributed by atoms with Crippen LogP contribution in [0.4, 0.5) is 0 Å². The van der Waals surface area contributed by atoms with Gasteiger partial charge < -0.3 is 24.7 Å². The fraction of sp³-hybridized carbons (Fsp3) is 0.581. The van der Waals surface area contributed by atoms with Crippen molar-refractivity contribution < 1.29 is 24.7 Å². The highest BCUT2D eigenvalue weighted by molar-refractivity contribution is 6.95. The number of aryl methyl sites for hydroxylation is 3. The summed E-state index contributed by atoms with van der Waals surface area (Å²) in [6.07, 6.45) is 0. The molecule has 60 heavy (non-hydrogen) atoms. The summed E-state index contributed by atoms with van der Waals surface area (Å²) in [5, 5.41) is 3.91. The van der Waals surface area contributed by atoms with Crippen molar-refractivity contribution >= 4 is 109 Å². The van der Waals surface area contributed by atoms with Crippen LogP contribution < -0.4 is 10.4 Å². The lowest BCUT2D eigenvalue weighted by atomic mass is 10.2. The molecule has 0 unspecified atom stereocenters. The van der Waals surface area contributed by atoms with Crippen molar-refractivity contribution in [1.29, 1.82) is 0 Å². The molecule has 0 heterocycles. The molecule has 0 aliphatic carbocycles. The molecule has 3 aromatic carbocycles. The molecule has 0 saturated carbocycles. The summed E-state index contributed by atoms with van der Waals surface area (Å²) >= 11 is 12.4. The summed E-state index contributed by atoms with van der Waals surface area (Å²) in [4.78, 5) is 0. The first-order valence-electron chi connectivity index (χ1n) is 21.2. The van der Waals surface area contributed by atoms with Crippen LogP contribution in [0.5, 0.6) is 0 Å². The van der Waals surface area contributed by atoms with Gasteiger partial charge in [-0.15, -0.1) is 0 Å². The minimum atomic E-state index is -2.41. The third-order valence-corrected chi connectivity index (χ3v) is 35.8. The monoisotopic (exact) mass is 1020 g/mol. The van der Waals surface area contributed by atoms with Crippen LogP contribution >= 0.6 is 23.2 Å². The maximum Gasteiger partial charge on any atom is 0.348 e. The van der Waals surface area contributed by atoms with Gasteiger partial charge in [0.1, 0.15) is 0 Å². The van der Waals surface area contributed by atoms with Crippen molar-refractivity contribution in [3.8, 4) is 0 Å². The summed E-state index contributed by atoms with van der Waals surface area (Å²) in [7, 11) is -16.3. The van der Waals surface area contributed by atoms with E-state index < -0.39 is 75.6 Å². The van der Waals surface area contributed by atoms with E-state index in [9.17, 15) is 0 Å². The zero-order chi connectivity index (χ0) is 47.6. The fourth-order valence-electron chi connectivity index (χ4n) is 6.45. The lowest BCUT2D eigenvalue weighted by Gasteiger charge is -2.38. The number of hydrogen-bond acceptors (Lipinski definition) is 6. The standard InChI is InChI=1S/2C14H27ClO2Si3.C8H24O2Si3.C7H8/c1-12-11-13(9-10-14(12)15)20(8,16-18(2,3)4)17-19(5,6)7;1-12-9-10-13(11-14(12)15)20(8,16-18(2,3)4)17-19(5,6)7;1-11(2,3)9-13(7,8)10-12(4,5)6;1-7-5-3-2-4-6-7/h2*9-11H,1-8H3;1-8H3;2-6H,1H3. The van der Waals surface area contributed by atoms with E-state index in [4.69, 9.17) is 47.9 Å². The Balaban J connectivity index is 0.000000819. The van der Waals surface area contributed by atoms with Gasteiger partial charge in [0.15, 0.2) is 49.9 Å². The van der Waals surface area contributed by atoms with Crippen molar-refractivity contribution in [3.05, 3.63) is 93.5 Å². The van der Waals surface area contributed by atoms with Crippen molar-refractivity contribution in [2.24, 2.45) is 0 Å². The molecule has 0 atom stereocenters. The summed E-state index contributed by atoms with van der Waals surface area (Å²) in [5.74, 6) is 0. The molecule has 0 N–H and O–H groups in total. The van der Waals surface area contributed by atoms with Crippen LogP contribution in [0.3, 0.4) is 0 Å². The molecule has 6 nitrogen and oxygen atoms in total. The largest absolute Gasteiger partial charge is 0.437 e. The fourth-order valence-corrected chi connectivity index (χ4v) is 42.5. The van der Waals surface area contributed by atoms with E-state index in [0.29, 0.717) is 0 Å². The number of hydrogen-bond donors (Lipinski definition) is 0. The highest BCUT2D eigenvalue weighted by Crippen LogP contribution is 2.25. The molecule has 344 valence electrons. The third-order valence-electron chi connectivity index (χ3n) is 7.43. The van der Waals surface area contributed by atoms with Gasteiger partial charge in [-0.1, -0.05) is 83.4 Å². The first kappa shape index (κ1) is 60.0. The first-order valence-corrected chi connectivity index (χ1v) is 49.9. The van der Waals surface area contributed by atoms with Crippen LogP contribution in [0, 0.1) is 20.8 Å². The second-order valence-electron chi connectivity index (χ2n) is 22.2. The quantitative estimate of drug-likeness (QED) is 0.150. The predicted octanol–water partition coefficient (Wildman–Crippen LogP) is 14.6. The zero-order valence-corrected chi connectivity index (χ0v) is 53.1. The minimum absolute atomic E-state index is 0.791. The molecule has 0 fully saturated rings. The Morgan fingerprint density at radius 1 is 0.333 bits per heavy atom. The van der Waals surface area contributed by atoms with Gasteiger partial charge in [-0.3, -0.25) is 0 Å². The SMILES string of the molecule is C[Si](C)(C)O[Si](C)(C)O[Si](C)(C)C.Cc1cc([Si](C)(O[Si](C)(C)C)O[Si](C)(C)C)ccc1Cl.Cc1ccc([Si](C)(O[Si](C)(C)C)O[Si](C)(C)C)cc1Cl.Cc1ccccc1. The van der Waals surface area contributed by atoms with E-state index in [1.54, 1.807) is 0 Å². The van der Waals surface area contributed by atoms with Gasteiger partial charge in [-0.25, -0.2) is 0 Å². The molecule has 0 radical (unpaired) electrons. The number of benzene rings is 3. The van der Waals surface area contributed by atoms with E-state index in [0.717, 1.165) is 26.4 Å². The average molecular weight is 1020 g/mol. The molecule has 0 saturated heterocycles. The molecule has 0 aliphatic heterocycles. The Morgan fingerprint density at radius 3 is 0.917 bits per heavy atom. The van der Waals surface area contributed by atoms with Crippen molar-refractivity contribution in [3.63, 3.8) is 0 Å². The molecule has 0 amide bonds. The molecule has 3 rings (SSSR count). The second kappa shape index (κ2) is 23.4. The van der Waals surface area contributed by atoms with Gasteiger partial charge in [-0.2, -0.15) is 0 Å². The minimum Gasteiger partial charge on any atom is -0.437 e. The van der Waals surface area contributed by atoms with E-state index in [1.165, 1.54) is 10.8 Å². The van der Waals surface area contributed by atoms with E-state index >= 15 is 0 Å². The Hall–Kier alpha value is -0.0481. The molecule has 0 bridgehead atoms. The van der Waals surface area contributed by atoms with Gasteiger partial charge in [-0.05, 0) is 198 Å². The average Bonchev–Trinajstić information content (AvgIpc) is 2.95. The van der Waals surface area contributed by atoms with Crippen LogP contribution in [0.1, 0.15) is 16.7 Å². The predicted molar refractivity (Wildman–Crippen MR) is 290 cm³/mol. The van der Waals surface area contributed by atoms with Crippen molar-refractivity contribution in [2.45, 2.75) is 165 Å². The first-order chi connectivity index (χ1) is 26.5. The zero-order valence-electron chi connectivity index (χ0n) is 42.6. The lowest BCUT2D eigenvalue weighted by molar-refractivity contribution is 0.395. The Bertz CT molecular complexity index is 1600. The highest BCUT2D eigenvalue weighted by atomic mass is 35.5. The summed E-state index contributed by atoms with van der Waals surface area (Å²) in [6.45, 7) is 54.6. The highest BCUT2D eigenvalue weighted by Gasteiger charge is 2.43. The molecule has 17 heteroatoms.